The molecular formula is C10H20N2OS. The third-order valence-corrected chi connectivity index (χ3v) is 3.82. The summed E-state index contributed by atoms with van der Waals surface area (Å²) in [5.41, 5.74) is 5.69. The molecule has 4 heteroatoms. The van der Waals surface area contributed by atoms with E-state index in [-0.39, 0.29) is 11.9 Å². The SMILES string of the molecule is CCC(N)CC(=O)NCC1CCSC1. The molecule has 1 aliphatic heterocycles. The predicted molar refractivity (Wildman–Crippen MR) is 61.3 cm³/mol. The molecule has 1 heterocycles. The van der Waals surface area contributed by atoms with Gasteiger partial charge in [-0.05, 0) is 30.3 Å². The van der Waals surface area contributed by atoms with E-state index in [1.165, 1.54) is 17.9 Å². The first kappa shape index (κ1) is 11.9. The van der Waals surface area contributed by atoms with Crippen LogP contribution in [0.1, 0.15) is 26.2 Å². The van der Waals surface area contributed by atoms with E-state index in [1.54, 1.807) is 0 Å². The van der Waals surface area contributed by atoms with Gasteiger partial charge in [0, 0.05) is 19.0 Å². The highest BCUT2D eigenvalue weighted by Crippen LogP contribution is 2.22. The van der Waals surface area contributed by atoms with Crippen molar-refractivity contribution in [3.63, 3.8) is 0 Å². The minimum atomic E-state index is 0.0213. The molecule has 1 aliphatic rings. The van der Waals surface area contributed by atoms with Crippen LogP contribution in [0, 0.1) is 5.92 Å². The van der Waals surface area contributed by atoms with E-state index in [4.69, 9.17) is 5.73 Å². The second-order valence-electron chi connectivity index (χ2n) is 3.91. The number of nitrogens with one attached hydrogen (secondary N) is 1. The van der Waals surface area contributed by atoms with E-state index in [0.717, 1.165) is 13.0 Å². The summed E-state index contributed by atoms with van der Waals surface area (Å²) in [7, 11) is 0. The molecule has 3 nitrogen and oxygen atoms in total. The van der Waals surface area contributed by atoms with Gasteiger partial charge >= 0.3 is 0 Å². The lowest BCUT2D eigenvalue weighted by Gasteiger charge is -2.12. The first-order valence-electron chi connectivity index (χ1n) is 5.32. The summed E-state index contributed by atoms with van der Waals surface area (Å²) in [4.78, 5) is 11.4. The molecule has 0 aromatic heterocycles. The lowest BCUT2D eigenvalue weighted by atomic mass is 10.1. The van der Waals surface area contributed by atoms with Gasteiger partial charge in [0.15, 0.2) is 0 Å². The zero-order chi connectivity index (χ0) is 10.4. The van der Waals surface area contributed by atoms with E-state index < -0.39 is 0 Å². The van der Waals surface area contributed by atoms with Crippen molar-refractivity contribution in [3.05, 3.63) is 0 Å². The van der Waals surface area contributed by atoms with E-state index in [0.29, 0.717) is 12.3 Å². The summed E-state index contributed by atoms with van der Waals surface area (Å²) in [6, 6.07) is 0.0213. The van der Waals surface area contributed by atoms with Crippen LogP contribution in [0.25, 0.3) is 0 Å². The van der Waals surface area contributed by atoms with Gasteiger partial charge in [0.1, 0.15) is 0 Å². The van der Waals surface area contributed by atoms with Crippen molar-refractivity contribution in [2.75, 3.05) is 18.1 Å². The lowest BCUT2D eigenvalue weighted by molar-refractivity contribution is -0.121. The van der Waals surface area contributed by atoms with Crippen molar-refractivity contribution in [1.29, 1.82) is 0 Å². The first-order chi connectivity index (χ1) is 6.72. The second-order valence-corrected chi connectivity index (χ2v) is 5.06. The molecule has 0 bridgehead atoms. The molecule has 1 rings (SSSR count). The third kappa shape index (κ3) is 4.33. The maximum atomic E-state index is 11.4. The first-order valence-corrected chi connectivity index (χ1v) is 6.47. The van der Waals surface area contributed by atoms with Crippen molar-refractivity contribution in [1.82, 2.24) is 5.32 Å². The van der Waals surface area contributed by atoms with Crippen molar-refractivity contribution < 1.29 is 4.79 Å². The quantitative estimate of drug-likeness (QED) is 0.720. The number of nitrogens with two attached hydrogens (primary N) is 1. The van der Waals surface area contributed by atoms with Gasteiger partial charge in [-0.25, -0.2) is 0 Å². The van der Waals surface area contributed by atoms with Crippen LogP contribution in [0.15, 0.2) is 0 Å². The molecular weight excluding hydrogens is 196 g/mol. The zero-order valence-electron chi connectivity index (χ0n) is 8.79. The number of carbonyl (C=O) groups excluding carboxylic acids is 1. The summed E-state index contributed by atoms with van der Waals surface area (Å²) in [5.74, 6) is 3.23. The topological polar surface area (TPSA) is 55.1 Å². The minimum absolute atomic E-state index is 0.0213. The number of hydrogen-bond acceptors (Lipinski definition) is 3. The van der Waals surface area contributed by atoms with Gasteiger partial charge < -0.3 is 11.1 Å². The van der Waals surface area contributed by atoms with Crippen LogP contribution >= 0.6 is 11.8 Å². The highest BCUT2D eigenvalue weighted by atomic mass is 32.2. The highest BCUT2D eigenvalue weighted by molar-refractivity contribution is 7.99. The maximum absolute atomic E-state index is 11.4. The fourth-order valence-electron chi connectivity index (χ4n) is 1.46. The Morgan fingerprint density at radius 1 is 1.71 bits per heavy atom. The Morgan fingerprint density at radius 2 is 2.50 bits per heavy atom. The number of thioether (sulfide) groups is 1. The molecule has 2 atom stereocenters. The summed E-state index contributed by atoms with van der Waals surface area (Å²) in [5, 5.41) is 2.96. The molecule has 0 radical (unpaired) electrons. The van der Waals surface area contributed by atoms with E-state index >= 15 is 0 Å². The molecule has 1 amide bonds. The fourth-order valence-corrected chi connectivity index (χ4v) is 2.74. The van der Waals surface area contributed by atoms with E-state index in [2.05, 4.69) is 5.32 Å². The highest BCUT2D eigenvalue weighted by Gasteiger charge is 2.16. The van der Waals surface area contributed by atoms with Crippen LogP contribution in [-0.2, 0) is 4.79 Å². The second kappa shape index (κ2) is 6.30. The Balaban J connectivity index is 2.08. The molecule has 14 heavy (non-hydrogen) atoms. The lowest BCUT2D eigenvalue weighted by Crippen LogP contribution is -2.34. The molecule has 1 fully saturated rings. The monoisotopic (exact) mass is 216 g/mol. The van der Waals surface area contributed by atoms with Gasteiger partial charge in [0.05, 0.1) is 0 Å². The minimum Gasteiger partial charge on any atom is -0.356 e. The normalized spacial score (nSPS) is 23.4. The number of amides is 1. The Bertz CT molecular complexity index is 181. The van der Waals surface area contributed by atoms with Crippen LogP contribution in [0.4, 0.5) is 0 Å². The molecule has 82 valence electrons. The van der Waals surface area contributed by atoms with Gasteiger partial charge in [-0.1, -0.05) is 6.92 Å². The van der Waals surface area contributed by atoms with E-state index in [9.17, 15) is 4.79 Å². The Hall–Kier alpha value is -0.220. The summed E-state index contributed by atoms with van der Waals surface area (Å²) >= 11 is 1.98. The van der Waals surface area contributed by atoms with Crippen LogP contribution in [0.3, 0.4) is 0 Å². The van der Waals surface area contributed by atoms with Gasteiger partial charge in [-0.2, -0.15) is 11.8 Å². The molecule has 2 unspecified atom stereocenters. The fraction of sp³-hybridized carbons (Fsp3) is 0.900. The Kier molecular flexibility index (Phi) is 5.33. The van der Waals surface area contributed by atoms with Gasteiger partial charge in [-0.15, -0.1) is 0 Å². The Morgan fingerprint density at radius 3 is 3.07 bits per heavy atom. The summed E-state index contributed by atoms with van der Waals surface area (Å²) in [6.07, 6.45) is 2.58. The van der Waals surface area contributed by atoms with Gasteiger partial charge in [0.2, 0.25) is 5.91 Å². The molecule has 0 aromatic carbocycles. The van der Waals surface area contributed by atoms with Crippen LogP contribution in [0.5, 0.6) is 0 Å². The predicted octanol–water partition coefficient (Wildman–Crippen LogP) is 0.983. The summed E-state index contributed by atoms with van der Waals surface area (Å²) < 4.78 is 0. The van der Waals surface area contributed by atoms with Crippen molar-refractivity contribution in [3.8, 4) is 0 Å². The van der Waals surface area contributed by atoms with Crippen LogP contribution in [-0.4, -0.2) is 30.0 Å². The standard InChI is InChI=1S/C10H20N2OS/c1-2-9(11)5-10(13)12-6-8-3-4-14-7-8/h8-9H,2-7,11H2,1H3,(H,12,13). The molecule has 0 aliphatic carbocycles. The third-order valence-electron chi connectivity index (χ3n) is 2.58. The Labute approximate surface area is 90.2 Å². The van der Waals surface area contributed by atoms with Crippen molar-refractivity contribution in [2.45, 2.75) is 32.2 Å². The zero-order valence-corrected chi connectivity index (χ0v) is 9.61. The van der Waals surface area contributed by atoms with Crippen LogP contribution < -0.4 is 11.1 Å². The molecule has 0 saturated carbocycles. The largest absolute Gasteiger partial charge is 0.356 e. The van der Waals surface area contributed by atoms with Crippen molar-refractivity contribution in [2.24, 2.45) is 11.7 Å². The number of hydrogen-bond donors (Lipinski definition) is 2. The van der Waals surface area contributed by atoms with Crippen LogP contribution in [0.2, 0.25) is 0 Å². The van der Waals surface area contributed by atoms with Gasteiger partial charge in [0.25, 0.3) is 0 Å². The smallest absolute Gasteiger partial charge is 0.221 e. The number of rotatable bonds is 5. The maximum Gasteiger partial charge on any atom is 0.221 e. The molecule has 3 N–H and O–H groups in total. The molecule has 1 saturated heterocycles. The number of carbonyl (C=O) groups is 1. The van der Waals surface area contributed by atoms with Crippen molar-refractivity contribution >= 4 is 17.7 Å². The molecule has 0 spiro atoms. The summed E-state index contributed by atoms with van der Waals surface area (Å²) in [6.45, 7) is 2.84. The average Bonchev–Trinajstić information content (AvgIpc) is 2.67. The molecule has 0 aromatic rings. The van der Waals surface area contributed by atoms with E-state index in [1.807, 2.05) is 18.7 Å². The van der Waals surface area contributed by atoms with Gasteiger partial charge in [-0.3, -0.25) is 4.79 Å². The average molecular weight is 216 g/mol.